The number of unbranched alkanes of at least 4 members (excludes halogenated alkanes) is 6. The lowest BCUT2D eigenvalue weighted by Crippen LogP contribution is -2.45. The Bertz CT molecular complexity index is 548. The van der Waals surface area contributed by atoms with Gasteiger partial charge in [0.2, 0.25) is 5.91 Å². The summed E-state index contributed by atoms with van der Waals surface area (Å²) in [4.78, 5) is 36.1. The predicted molar refractivity (Wildman–Crippen MR) is 87.7 cm³/mol. The number of hydrazine groups is 1. The fraction of sp³-hybridized carbons (Fsp3) is 0.500. The smallest absolute Gasteiger partial charge is 0.273 e. The van der Waals surface area contributed by atoms with Crippen molar-refractivity contribution in [2.24, 2.45) is 0 Å². The van der Waals surface area contributed by atoms with Gasteiger partial charge in [0.1, 0.15) is 0 Å². The number of carbonyl (C=O) groups is 3. The Labute approximate surface area is 137 Å². The molecule has 1 aliphatic heterocycles. The van der Waals surface area contributed by atoms with Crippen LogP contribution in [0.4, 0.5) is 0 Å². The summed E-state index contributed by atoms with van der Waals surface area (Å²) >= 11 is 0. The molecular weight excluding hydrogens is 292 g/mol. The second-order valence-corrected chi connectivity index (χ2v) is 5.90. The van der Waals surface area contributed by atoms with Crippen LogP contribution in [0.2, 0.25) is 0 Å². The molecule has 2 rings (SSSR count). The van der Waals surface area contributed by atoms with Crippen LogP contribution < -0.4 is 5.43 Å². The van der Waals surface area contributed by atoms with Crippen LogP contribution in [0.15, 0.2) is 24.3 Å². The Morgan fingerprint density at radius 3 is 2.00 bits per heavy atom. The molecule has 5 nitrogen and oxygen atoms in total. The third-order valence-electron chi connectivity index (χ3n) is 4.04. The number of carbonyl (C=O) groups excluding carboxylic acids is 3. The maximum Gasteiger partial charge on any atom is 0.280 e. The first-order valence-electron chi connectivity index (χ1n) is 8.42. The number of amides is 3. The molecule has 0 fully saturated rings. The van der Waals surface area contributed by atoms with Crippen LogP contribution in [0.3, 0.4) is 0 Å². The molecule has 0 aliphatic carbocycles. The number of benzene rings is 1. The molecule has 3 amide bonds. The summed E-state index contributed by atoms with van der Waals surface area (Å²) in [5, 5.41) is 0.828. The molecule has 0 bridgehead atoms. The van der Waals surface area contributed by atoms with Crippen LogP contribution in [0, 0.1) is 0 Å². The number of rotatable bonds is 9. The van der Waals surface area contributed by atoms with Gasteiger partial charge in [0, 0.05) is 6.42 Å². The van der Waals surface area contributed by atoms with E-state index in [1.807, 2.05) is 0 Å². The Morgan fingerprint density at radius 1 is 0.913 bits per heavy atom. The van der Waals surface area contributed by atoms with E-state index in [1.54, 1.807) is 24.3 Å². The summed E-state index contributed by atoms with van der Waals surface area (Å²) in [5.74, 6) is -1.20. The average Bonchev–Trinajstić information content (AvgIpc) is 2.79. The molecule has 1 aliphatic rings. The summed E-state index contributed by atoms with van der Waals surface area (Å²) in [6, 6.07) is 6.60. The minimum atomic E-state index is -0.460. The van der Waals surface area contributed by atoms with Gasteiger partial charge in [-0.1, -0.05) is 57.6 Å². The normalized spacial score (nSPS) is 13.3. The Kier molecular flexibility index (Phi) is 6.32. The first-order chi connectivity index (χ1) is 11.1. The number of nitrogens with one attached hydrogen (secondary N) is 1. The van der Waals surface area contributed by atoms with Crippen LogP contribution >= 0.6 is 0 Å². The highest BCUT2D eigenvalue weighted by Gasteiger charge is 2.36. The molecule has 23 heavy (non-hydrogen) atoms. The van der Waals surface area contributed by atoms with Crippen molar-refractivity contribution < 1.29 is 14.4 Å². The average molecular weight is 316 g/mol. The molecule has 0 radical (unpaired) electrons. The third kappa shape index (κ3) is 4.41. The fourth-order valence-electron chi connectivity index (χ4n) is 2.71. The molecule has 0 saturated heterocycles. The number of hydrogen-bond donors (Lipinski definition) is 1. The fourth-order valence-corrected chi connectivity index (χ4v) is 2.71. The van der Waals surface area contributed by atoms with E-state index in [2.05, 4.69) is 12.3 Å². The van der Waals surface area contributed by atoms with Crippen molar-refractivity contribution in [2.45, 2.75) is 58.3 Å². The molecular formula is C18H24N2O3. The zero-order valence-corrected chi connectivity index (χ0v) is 13.6. The summed E-state index contributed by atoms with van der Waals surface area (Å²) in [5.41, 5.74) is 3.11. The first kappa shape index (κ1) is 17.2. The standard InChI is InChI=1S/C18H24N2O3/c1-2-3-4-5-6-7-8-13-16(21)19-20-17(22)14-11-9-10-12-15(14)18(20)23/h9-12H,2-8,13H2,1H3,(H,19,21). The Balaban J connectivity index is 1.72. The maximum atomic E-state index is 12.1. The van der Waals surface area contributed by atoms with E-state index in [0.29, 0.717) is 17.5 Å². The molecule has 0 atom stereocenters. The van der Waals surface area contributed by atoms with Gasteiger partial charge < -0.3 is 0 Å². The van der Waals surface area contributed by atoms with E-state index in [9.17, 15) is 14.4 Å². The first-order valence-corrected chi connectivity index (χ1v) is 8.42. The lowest BCUT2D eigenvalue weighted by molar-refractivity contribution is -0.124. The second-order valence-electron chi connectivity index (χ2n) is 5.90. The lowest BCUT2D eigenvalue weighted by Gasteiger charge is -2.14. The van der Waals surface area contributed by atoms with Crippen molar-refractivity contribution in [1.82, 2.24) is 10.4 Å². The quantitative estimate of drug-likeness (QED) is 0.560. The minimum Gasteiger partial charge on any atom is -0.273 e. The molecule has 1 heterocycles. The predicted octanol–water partition coefficient (Wildman–Crippen LogP) is 3.45. The Morgan fingerprint density at radius 2 is 1.43 bits per heavy atom. The second kappa shape index (κ2) is 8.46. The van der Waals surface area contributed by atoms with E-state index in [1.165, 1.54) is 25.7 Å². The number of fused-ring (bicyclic) bond motifs is 1. The van der Waals surface area contributed by atoms with Crippen molar-refractivity contribution in [3.63, 3.8) is 0 Å². The van der Waals surface area contributed by atoms with Gasteiger partial charge in [-0.05, 0) is 18.6 Å². The van der Waals surface area contributed by atoms with E-state index in [0.717, 1.165) is 24.3 Å². The van der Waals surface area contributed by atoms with Crippen LogP contribution in [-0.4, -0.2) is 22.7 Å². The van der Waals surface area contributed by atoms with Crippen LogP contribution in [0.25, 0.3) is 0 Å². The van der Waals surface area contributed by atoms with E-state index in [-0.39, 0.29) is 5.91 Å². The van der Waals surface area contributed by atoms with Gasteiger partial charge in [-0.25, -0.2) is 0 Å². The monoisotopic (exact) mass is 316 g/mol. The topological polar surface area (TPSA) is 66.5 Å². The molecule has 1 aromatic carbocycles. The number of hydrogen-bond acceptors (Lipinski definition) is 3. The van der Waals surface area contributed by atoms with Crippen molar-refractivity contribution >= 4 is 17.7 Å². The maximum absolute atomic E-state index is 12.1. The molecule has 124 valence electrons. The van der Waals surface area contributed by atoms with Crippen molar-refractivity contribution in [3.05, 3.63) is 35.4 Å². The molecule has 1 N–H and O–H groups in total. The van der Waals surface area contributed by atoms with Gasteiger partial charge in [-0.2, -0.15) is 5.01 Å². The molecule has 0 aromatic heterocycles. The summed E-state index contributed by atoms with van der Waals surface area (Å²) < 4.78 is 0. The largest absolute Gasteiger partial charge is 0.280 e. The van der Waals surface area contributed by atoms with Gasteiger partial charge in [0.25, 0.3) is 11.8 Å². The van der Waals surface area contributed by atoms with Crippen LogP contribution in [-0.2, 0) is 4.79 Å². The van der Waals surface area contributed by atoms with Crippen LogP contribution in [0.5, 0.6) is 0 Å². The van der Waals surface area contributed by atoms with Gasteiger partial charge in [0.05, 0.1) is 11.1 Å². The lowest BCUT2D eigenvalue weighted by atomic mass is 10.1. The zero-order chi connectivity index (χ0) is 16.7. The minimum absolute atomic E-state index is 0.284. The van der Waals surface area contributed by atoms with E-state index in [4.69, 9.17) is 0 Å². The third-order valence-corrected chi connectivity index (χ3v) is 4.04. The molecule has 0 unspecified atom stereocenters. The number of imide groups is 1. The number of nitrogens with zero attached hydrogens (tertiary/aromatic N) is 1. The van der Waals surface area contributed by atoms with E-state index < -0.39 is 11.8 Å². The summed E-state index contributed by atoms with van der Waals surface area (Å²) in [6.45, 7) is 2.18. The van der Waals surface area contributed by atoms with Crippen molar-refractivity contribution in [1.29, 1.82) is 0 Å². The SMILES string of the molecule is CCCCCCCCCC(=O)NN1C(=O)c2ccccc2C1=O. The van der Waals surface area contributed by atoms with Crippen LogP contribution in [0.1, 0.15) is 79.0 Å². The van der Waals surface area contributed by atoms with Gasteiger partial charge in [-0.3, -0.25) is 19.8 Å². The summed E-state index contributed by atoms with van der Waals surface area (Å²) in [7, 11) is 0. The Hall–Kier alpha value is -2.17. The zero-order valence-electron chi connectivity index (χ0n) is 13.6. The van der Waals surface area contributed by atoms with Crippen molar-refractivity contribution in [3.8, 4) is 0 Å². The van der Waals surface area contributed by atoms with Gasteiger partial charge in [-0.15, -0.1) is 0 Å². The molecule has 5 heteroatoms. The summed E-state index contributed by atoms with van der Waals surface area (Å²) in [6.07, 6.45) is 8.18. The molecule has 1 aromatic rings. The van der Waals surface area contributed by atoms with Gasteiger partial charge >= 0.3 is 0 Å². The van der Waals surface area contributed by atoms with E-state index >= 15 is 0 Å². The van der Waals surface area contributed by atoms with Crippen molar-refractivity contribution in [2.75, 3.05) is 0 Å². The highest BCUT2D eigenvalue weighted by Crippen LogP contribution is 2.20. The molecule has 0 spiro atoms. The highest BCUT2D eigenvalue weighted by atomic mass is 16.2. The van der Waals surface area contributed by atoms with Gasteiger partial charge in [0.15, 0.2) is 0 Å². The highest BCUT2D eigenvalue weighted by molar-refractivity contribution is 6.21. The molecule has 0 saturated carbocycles.